The molecule has 0 bridgehead atoms. The van der Waals surface area contributed by atoms with Gasteiger partial charge in [-0.2, -0.15) is 13.2 Å². The molecule has 3 fully saturated rings. The van der Waals surface area contributed by atoms with Gasteiger partial charge in [-0.25, -0.2) is 4.98 Å². The van der Waals surface area contributed by atoms with Crippen LogP contribution in [0.3, 0.4) is 0 Å². The molecule has 2 aliphatic carbocycles. The number of carbonyl (C=O) groups excluding carboxylic acids is 1. The molecule has 1 amide bonds. The van der Waals surface area contributed by atoms with Crippen LogP contribution < -0.4 is 10.2 Å². The summed E-state index contributed by atoms with van der Waals surface area (Å²) in [5, 5.41) is 3.96. The van der Waals surface area contributed by atoms with Crippen molar-refractivity contribution in [2.24, 2.45) is 11.8 Å². The van der Waals surface area contributed by atoms with Crippen LogP contribution >= 0.6 is 11.3 Å². The minimum atomic E-state index is -4.50. The van der Waals surface area contributed by atoms with Crippen LogP contribution in [0.2, 0.25) is 0 Å². The highest BCUT2D eigenvalue weighted by atomic mass is 32.1. The third-order valence-corrected chi connectivity index (χ3v) is 8.14. The van der Waals surface area contributed by atoms with Gasteiger partial charge in [0, 0.05) is 64.8 Å². The van der Waals surface area contributed by atoms with Crippen LogP contribution in [0.4, 0.5) is 19.0 Å². The second-order valence-electron chi connectivity index (χ2n) is 9.91. The Labute approximate surface area is 202 Å². The maximum atomic E-state index is 13.8. The molecular formula is C24H32F3N5OS. The van der Waals surface area contributed by atoms with E-state index in [1.54, 1.807) is 0 Å². The molecule has 6 nitrogen and oxygen atoms in total. The topological polar surface area (TPSA) is 51.7 Å². The van der Waals surface area contributed by atoms with E-state index in [4.69, 9.17) is 0 Å². The van der Waals surface area contributed by atoms with E-state index in [0.717, 1.165) is 55.4 Å². The molecule has 0 atom stereocenters. The Balaban J connectivity index is 1.26. The summed E-state index contributed by atoms with van der Waals surface area (Å²) >= 11 is 0.918. The van der Waals surface area contributed by atoms with E-state index in [1.807, 2.05) is 4.90 Å². The number of hydrogen-bond acceptors (Lipinski definition) is 6. The molecule has 0 spiro atoms. The molecule has 2 saturated carbocycles. The second kappa shape index (κ2) is 9.62. The fourth-order valence-corrected chi connectivity index (χ4v) is 5.76. The number of alkyl halides is 3. The lowest BCUT2D eigenvalue weighted by atomic mass is 10.1. The van der Waals surface area contributed by atoms with Gasteiger partial charge in [0.1, 0.15) is 5.82 Å². The van der Waals surface area contributed by atoms with Crippen LogP contribution in [0.5, 0.6) is 0 Å². The van der Waals surface area contributed by atoms with Crippen molar-refractivity contribution in [2.75, 3.05) is 64.3 Å². The first-order chi connectivity index (χ1) is 16.3. The van der Waals surface area contributed by atoms with Gasteiger partial charge in [-0.1, -0.05) is 0 Å². The summed E-state index contributed by atoms with van der Waals surface area (Å²) in [7, 11) is 1.47. The van der Waals surface area contributed by atoms with Crippen molar-refractivity contribution in [1.29, 1.82) is 0 Å². The monoisotopic (exact) mass is 495 g/mol. The minimum Gasteiger partial charge on any atom is -0.355 e. The van der Waals surface area contributed by atoms with Crippen LogP contribution in [0.15, 0.2) is 11.4 Å². The average Bonchev–Trinajstić information content (AvgIpc) is 3.75. The first kappa shape index (κ1) is 23.8. The molecule has 186 valence electrons. The van der Waals surface area contributed by atoms with Gasteiger partial charge in [0.2, 0.25) is 0 Å². The van der Waals surface area contributed by atoms with Crippen molar-refractivity contribution in [2.45, 2.75) is 31.9 Å². The van der Waals surface area contributed by atoms with Crippen molar-refractivity contribution >= 4 is 33.3 Å². The summed E-state index contributed by atoms with van der Waals surface area (Å²) in [6.07, 6.45) is 0.951. The smallest absolute Gasteiger partial charge is 0.355 e. The summed E-state index contributed by atoms with van der Waals surface area (Å²) in [6.45, 7) is 7.35. The summed E-state index contributed by atoms with van der Waals surface area (Å²) in [5.41, 5.74) is -0.391. The molecule has 10 heteroatoms. The predicted octanol–water partition coefficient (Wildman–Crippen LogP) is 3.92. The Kier molecular flexibility index (Phi) is 6.74. The van der Waals surface area contributed by atoms with E-state index in [1.165, 1.54) is 51.2 Å². The molecule has 1 saturated heterocycles. The first-order valence-electron chi connectivity index (χ1n) is 12.2. The van der Waals surface area contributed by atoms with Gasteiger partial charge in [0.05, 0.1) is 21.3 Å². The number of amides is 1. The number of pyridine rings is 1. The number of fused-ring (bicyclic) bond motifs is 1. The molecule has 1 aliphatic heterocycles. The predicted molar refractivity (Wildman–Crippen MR) is 129 cm³/mol. The lowest BCUT2D eigenvalue weighted by Gasteiger charge is -2.36. The fraction of sp³-hybridized carbons (Fsp3) is 0.667. The van der Waals surface area contributed by atoms with Gasteiger partial charge in [0.25, 0.3) is 5.91 Å². The maximum Gasteiger partial charge on any atom is 0.417 e. The SMILES string of the molecule is CNC(=O)c1csc2c(C(F)(F)F)cc(N3CCN(CCN(CC4CC4)CC4CC4)CC3)nc12. The van der Waals surface area contributed by atoms with Crippen LogP contribution in [-0.4, -0.2) is 80.1 Å². The van der Waals surface area contributed by atoms with Crippen LogP contribution in [0.25, 0.3) is 10.2 Å². The number of nitrogens with one attached hydrogen (secondary N) is 1. The van der Waals surface area contributed by atoms with E-state index in [9.17, 15) is 18.0 Å². The summed E-state index contributed by atoms with van der Waals surface area (Å²) in [6, 6.07) is 1.15. The summed E-state index contributed by atoms with van der Waals surface area (Å²) in [5.74, 6) is 1.65. The number of hydrogen-bond donors (Lipinski definition) is 1. The molecule has 3 heterocycles. The minimum absolute atomic E-state index is 0.0138. The third-order valence-electron chi connectivity index (χ3n) is 7.14. The zero-order valence-electron chi connectivity index (χ0n) is 19.5. The van der Waals surface area contributed by atoms with Gasteiger partial charge in [0.15, 0.2) is 0 Å². The number of thiophene rings is 1. The summed E-state index contributed by atoms with van der Waals surface area (Å²) in [4.78, 5) is 23.7. The molecule has 0 aromatic carbocycles. The molecule has 34 heavy (non-hydrogen) atoms. The highest BCUT2D eigenvalue weighted by molar-refractivity contribution is 7.17. The molecule has 5 rings (SSSR count). The average molecular weight is 496 g/mol. The second-order valence-corrected chi connectivity index (χ2v) is 10.8. The number of carbonyl (C=O) groups is 1. The third kappa shape index (κ3) is 5.49. The lowest BCUT2D eigenvalue weighted by molar-refractivity contribution is -0.136. The number of halogens is 3. The largest absolute Gasteiger partial charge is 0.417 e. The molecule has 1 N–H and O–H groups in total. The maximum absolute atomic E-state index is 13.8. The van der Waals surface area contributed by atoms with Gasteiger partial charge >= 0.3 is 6.18 Å². The molecule has 2 aromatic rings. The Hall–Kier alpha value is -1.91. The van der Waals surface area contributed by atoms with Crippen LogP contribution in [-0.2, 0) is 6.18 Å². The molecule has 3 aliphatic rings. The molecule has 0 radical (unpaired) electrons. The quantitative estimate of drug-likeness (QED) is 0.572. The van der Waals surface area contributed by atoms with Crippen molar-refractivity contribution in [3.8, 4) is 0 Å². The van der Waals surface area contributed by atoms with E-state index in [0.29, 0.717) is 18.9 Å². The van der Waals surface area contributed by atoms with E-state index in [-0.39, 0.29) is 15.8 Å². The van der Waals surface area contributed by atoms with Crippen molar-refractivity contribution < 1.29 is 18.0 Å². The highest BCUT2D eigenvalue weighted by Crippen LogP contribution is 2.40. The number of anilines is 1. The zero-order chi connectivity index (χ0) is 23.9. The number of rotatable bonds is 9. The first-order valence-corrected chi connectivity index (χ1v) is 13.1. The molecular weight excluding hydrogens is 463 g/mol. The van der Waals surface area contributed by atoms with E-state index < -0.39 is 17.6 Å². The Morgan fingerprint density at radius 3 is 2.35 bits per heavy atom. The van der Waals surface area contributed by atoms with Gasteiger partial charge < -0.3 is 15.1 Å². The number of piperazine rings is 1. The molecule has 2 aromatic heterocycles. The van der Waals surface area contributed by atoms with E-state index >= 15 is 0 Å². The normalized spacial score (nSPS) is 19.9. The Bertz CT molecular complexity index is 1010. The van der Waals surface area contributed by atoms with Gasteiger partial charge in [-0.3, -0.25) is 9.69 Å². The Morgan fingerprint density at radius 2 is 1.79 bits per heavy atom. The highest BCUT2D eigenvalue weighted by Gasteiger charge is 2.36. The van der Waals surface area contributed by atoms with E-state index in [2.05, 4.69) is 20.1 Å². The van der Waals surface area contributed by atoms with Crippen LogP contribution in [0, 0.1) is 11.8 Å². The van der Waals surface area contributed by atoms with Gasteiger partial charge in [-0.05, 0) is 43.6 Å². The molecule has 0 unspecified atom stereocenters. The van der Waals surface area contributed by atoms with Crippen molar-refractivity contribution in [3.63, 3.8) is 0 Å². The number of nitrogens with zero attached hydrogens (tertiary/aromatic N) is 4. The van der Waals surface area contributed by atoms with Crippen molar-refractivity contribution in [1.82, 2.24) is 20.1 Å². The van der Waals surface area contributed by atoms with Gasteiger partial charge in [-0.15, -0.1) is 11.3 Å². The Morgan fingerprint density at radius 1 is 1.15 bits per heavy atom. The lowest BCUT2D eigenvalue weighted by Crippen LogP contribution is -2.49. The fourth-order valence-electron chi connectivity index (χ4n) is 4.74. The standard InChI is InChI=1S/C24H32F3N5OS/c1-28-23(33)18-15-34-22-19(24(25,26)27)12-20(29-21(18)22)32-10-8-30(9-11-32)6-7-31(13-16-2-3-16)14-17-4-5-17/h12,15-17H,2-11,13-14H2,1H3,(H,28,33). The zero-order valence-corrected chi connectivity index (χ0v) is 20.4. The van der Waals surface area contributed by atoms with Crippen LogP contribution in [0.1, 0.15) is 41.6 Å². The number of aromatic nitrogens is 1. The summed E-state index contributed by atoms with van der Waals surface area (Å²) < 4.78 is 41.5. The van der Waals surface area contributed by atoms with Crippen molar-refractivity contribution in [3.05, 3.63) is 22.6 Å².